The van der Waals surface area contributed by atoms with Crippen LogP contribution in [0.25, 0.3) is 10.9 Å². The zero-order chi connectivity index (χ0) is 14.1. The lowest BCUT2D eigenvalue weighted by Crippen LogP contribution is -1.86. The quantitative estimate of drug-likeness (QED) is 0.699. The van der Waals surface area contributed by atoms with Crippen molar-refractivity contribution in [2.24, 2.45) is 12.0 Å². The Balaban J connectivity index is 2.12. The highest BCUT2D eigenvalue weighted by Gasteiger charge is 2.11. The number of benzene rings is 2. The first-order valence-electron chi connectivity index (χ1n) is 6.54. The van der Waals surface area contributed by atoms with E-state index in [1.807, 2.05) is 62.5 Å². The topological polar surface area (TPSA) is 37.5 Å². The maximum absolute atomic E-state index is 10.2. The molecule has 0 radical (unpaired) electrons. The minimum atomic E-state index is 0.239. The lowest BCUT2D eigenvalue weighted by atomic mass is 10.2. The monoisotopic (exact) mass is 264 g/mol. The second-order valence-electron chi connectivity index (χ2n) is 4.86. The molecular weight excluding hydrogens is 248 g/mol. The Morgan fingerprint density at radius 2 is 1.75 bits per heavy atom. The summed E-state index contributed by atoms with van der Waals surface area (Å²) in [5, 5.41) is 11.2. The van der Waals surface area contributed by atoms with E-state index in [2.05, 4.69) is 4.99 Å². The van der Waals surface area contributed by atoms with Gasteiger partial charge in [-0.25, -0.2) is 0 Å². The molecule has 3 rings (SSSR count). The molecule has 2 aromatic carbocycles. The molecule has 1 heterocycles. The van der Waals surface area contributed by atoms with Gasteiger partial charge < -0.3 is 9.67 Å². The first-order chi connectivity index (χ1) is 9.68. The molecule has 0 aliphatic rings. The summed E-state index contributed by atoms with van der Waals surface area (Å²) in [4.78, 5) is 4.50. The fourth-order valence-electron chi connectivity index (χ4n) is 2.38. The molecule has 0 unspecified atom stereocenters. The lowest BCUT2D eigenvalue weighted by Gasteiger charge is -1.98. The second-order valence-corrected chi connectivity index (χ2v) is 4.86. The SMILES string of the molecule is Cc1ccccc1N=Cc1c(O)n(C)c2ccccc12. The summed E-state index contributed by atoms with van der Waals surface area (Å²) in [6, 6.07) is 15.8. The third-order valence-electron chi connectivity index (χ3n) is 3.56. The summed E-state index contributed by atoms with van der Waals surface area (Å²) in [5.74, 6) is 0.239. The van der Waals surface area contributed by atoms with Gasteiger partial charge in [-0.05, 0) is 24.6 Å². The van der Waals surface area contributed by atoms with Crippen molar-refractivity contribution in [2.75, 3.05) is 0 Å². The van der Waals surface area contributed by atoms with Gasteiger partial charge in [0.25, 0.3) is 0 Å². The van der Waals surface area contributed by atoms with Gasteiger partial charge in [-0.2, -0.15) is 0 Å². The predicted molar refractivity (Wildman–Crippen MR) is 83.0 cm³/mol. The van der Waals surface area contributed by atoms with Crippen molar-refractivity contribution in [3.05, 3.63) is 59.7 Å². The number of fused-ring (bicyclic) bond motifs is 1. The Labute approximate surface area is 117 Å². The van der Waals surface area contributed by atoms with E-state index in [4.69, 9.17) is 0 Å². The number of para-hydroxylation sites is 2. The number of aliphatic imine (C=N–C) groups is 1. The number of aromatic nitrogens is 1. The molecule has 0 amide bonds. The zero-order valence-corrected chi connectivity index (χ0v) is 11.5. The number of aromatic hydroxyl groups is 1. The summed E-state index contributed by atoms with van der Waals surface area (Å²) in [5.41, 5.74) is 3.78. The Morgan fingerprint density at radius 3 is 2.55 bits per heavy atom. The van der Waals surface area contributed by atoms with Gasteiger partial charge in [0.05, 0.1) is 16.8 Å². The molecule has 0 spiro atoms. The van der Waals surface area contributed by atoms with Crippen molar-refractivity contribution >= 4 is 22.8 Å². The lowest BCUT2D eigenvalue weighted by molar-refractivity contribution is 0.434. The molecule has 0 saturated carbocycles. The molecule has 0 bridgehead atoms. The van der Waals surface area contributed by atoms with E-state index < -0.39 is 0 Å². The van der Waals surface area contributed by atoms with Crippen LogP contribution in [0.3, 0.4) is 0 Å². The minimum Gasteiger partial charge on any atom is -0.494 e. The van der Waals surface area contributed by atoms with Crippen LogP contribution >= 0.6 is 0 Å². The molecule has 3 aromatic rings. The molecule has 0 saturated heterocycles. The van der Waals surface area contributed by atoms with E-state index in [0.29, 0.717) is 0 Å². The molecule has 1 aromatic heterocycles. The van der Waals surface area contributed by atoms with Crippen LogP contribution in [0, 0.1) is 6.92 Å². The van der Waals surface area contributed by atoms with Gasteiger partial charge in [0, 0.05) is 18.6 Å². The average Bonchev–Trinajstić information content (AvgIpc) is 2.71. The Hall–Kier alpha value is -2.55. The third kappa shape index (κ3) is 1.97. The van der Waals surface area contributed by atoms with E-state index in [0.717, 1.165) is 27.7 Å². The van der Waals surface area contributed by atoms with Gasteiger partial charge in [-0.15, -0.1) is 0 Å². The highest BCUT2D eigenvalue weighted by Crippen LogP contribution is 2.29. The predicted octanol–water partition coefficient (Wildman–Crippen LogP) is 3.94. The molecule has 1 N–H and O–H groups in total. The van der Waals surface area contributed by atoms with Crippen molar-refractivity contribution in [1.82, 2.24) is 4.57 Å². The van der Waals surface area contributed by atoms with Crippen molar-refractivity contribution in [1.29, 1.82) is 0 Å². The highest BCUT2D eigenvalue weighted by atomic mass is 16.3. The van der Waals surface area contributed by atoms with Crippen molar-refractivity contribution in [3.8, 4) is 5.88 Å². The van der Waals surface area contributed by atoms with Crippen LogP contribution in [0.2, 0.25) is 0 Å². The molecule has 20 heavy (non-hydrogen) atoms. The molecule has 3 heteroatoms. The Kier molecular flexibility index (Phi) is 3.03. The number of rotatable bonds is 2. The molecular formula is C17H16N2O. The van der Waals surface area contributed by atoms with Crippen LogP contribution in [-0.2, 0) is 7.05 Å². The van der Waals surface area contributed by atoms with Crippen molar-refractivity contribution in [3.63, 3.8) is 0 Å². The van der Waals surface area contributed by atoms with E-state index in [1.54, 1.807) is 10.8 Å². The minimum absolute atomic E-state index is 0.239. The van der Waals surface area contributed by atoms with Crippen LogP contribution < -0.4 is 0 Å². The normalized spacial score (nSPS) is 11.5. The van der Waals surface area contributed by atoms with Gasteiger partial charge in [0.15, 0.2) is 0 Å². The van der Waals surface area contributed by atoms with Gasteiger partial charge in [-0.3, -0.25) is 4.99 Å². The summed E-state index contributed by atoms with van der Waals surface area (Å²) >= 11 is 0. The summed E-state index contributed by atoms with van der Waals surface area (Å²) in [6.45, 7) is 2.02. The summed E-state index contributed by atoms with van der Waals surface area (Å²) in [6.07, 6.45) is 1.74. The van der Waals surface area contributed by atoms with Crippen molar-refractivity contribution in [2.45, 2.75) is 6.92 Å². The van der Waals surface area contributed by atoms with E-state index in [1.165, 1.54) is 0 Å². The average molecular weight is 264 g/mol. The van der Waals surface area contributed by atoms with Crippen LogP contribution in [-0.4, -0.2) is 15.9 Å². The number of nitrogens with zero attached hydrogens (tertiary/aromatic N) is 2. The fraction of sp³-hybridized carbons (Fsp3) is 0.118. The highest BCUT2D eigenvalue weighted by molar-refractivity contribution is 6.03. The van der Waals surface area contributed by atoms with Gasteiger partial charge >= 0.3 is 0 Å². The van der Waals surface area contributed by atoms with Crippen molar-refractivity contribution < 1.29 is 5.11 Å². The fourth-order valence-corrected chi connectivity index (χ4v) is 2.38. The largest absolute Gasteiger partial charge is 0.494 e. The summed E-state index contributed by atoms with van der Waals surface area (Å²) < 4.78 is 1.77. The standard InChI is InChI=1S/C17H16N2O/c1-12-7-3-5-9-15(12)18-11-14-13-8-4-6-10-16(13)19(2)17(14)20/h3-11,20H,1-2H3. The van der Waals surface area contributed by atoms with E-state index >= 15 is 0 Å². The zero-order valence-electron chi connectivity index (χ0n) is 11.5. The first kappa shape index (κ1) is 12.5. The van der Waals surface area contributed by atoms with Crippen LogP contribution in [0.5, 0.6) is 5.88 Å². The molecule has 0 fully saturated rings. The molecule has 0 aliphatic heterocycles. The molecule has 100 valence electrons. The first-order valence-corrected chi connectivity index (χ1v) is 6.54. The molecule has 0 atom stereocenters. The Bertz CT molecular complexity index is 800. The second kappa shape index (κ2) is 4.85. The molecule has 0 aliphatic carbocycles. The van der Waals surface area contributed by atoms with Gasteiger partial charge in [0.1, 0.15) is 0 Å². The third-order valence-corrected chi connectivity index (χ3v) is 3.56. The smallest absolute Gasteiger partial charge is 0.200 e. The Morgan fingerprint density at radius 1 is 1.05 bits per heavy atom. The number of hydrogen-bond acceptors (Lipinski definition) is 2. The van der Waals surface area contributed by atoms with Crippen LogP contribution in [0.1, 0.15) is 11.1 Å². The van der Waals surface area contributed by atoms with Gasteiger partial charge in [0.2, 0.25) is 5.88 Å². The maximum Gasteiger partial charge on any atom is 0.200 e. The summed E-state index contributed by atoms with van der Waals surface area (Å²) in [7, 11) is 1.85. The van der Waals surface area contributed by atoms with Gasteiger partial charge in [-0.1, -0.05) is 36.4 Å². The van der Waals surface area contributed by atoms with Crippen LogP contribution in [0.4, 0.5) is 5.69 Å². The van der Waals surface area contributed by atoms with E-state index in [-0.39, 0.29) is 5.88 Å². The molecule has 3 nitrogen and oxygen atoms in total. The van der Waals surface area contributed by atoms with E-state index in [9.17, 15) is 5.11 Å². The van der Waals surface area contributed by atoms with Crippen LogP contribution in [0.15, 0.2) is 53.5 Å². The maximum atomic E-state index is 10.2. The number of hydrogen-bond donors (Lipinski definition) is 1. The number of aryl methyl sites for hydroxylation is 2.